The highest BCUT2D eigenvalue weighted by Crippen LogP contribution is 2.41. The first kappa shape index (κ1) is 19.2. The molecule has 0 aromatic heterocycles. The van der Waals surface area contributed by atoms with Crippen LogP contribution >= 0.6 is 15.9 Å². The minimum Gasteiger partial charge on any atom is -0.541 e. The Balaban J connectivity index is 3.14. The molecule has 0 aliphatic carbocycles. The van der Waals surface area contributed by atoms with Crippen LogP contribution in [0.4, 0.5) is 0 Å². The zero-order valence-corrected chi connectivity index (χ0v) is 17.4. The number of carbonyl (C=O) groups is 1. The van der Waals surface area contributed by atoms with Crippen LogP contribution in [0.15, 0.2) is 22.7 Å². The van der Waals surface area contributed by atoms with Gasteiger partial charge < -0.3 is 9.16 Å². The number of rotatable bonds is 3. The van der Waals surface area contributed by atoms with E-state index >= 15 is 0 Å². The van der Waals surface area contributed by atoms with Gasteiger partial charge in [0.25, 0.3) is 8.32 Å². The number of carbonyl (C=O) groups excluding carboxylic acids is 1. The van der Waals surface area contributed by atoms with Crippen LogP contribution in [-0.2, 0) is 4.79 Å². The Kier molecular flexibility index (Phi) is 5.56. The summed E-state index contributed by atoms with van der Waals surface area (Å²) in [5.41, 5.74) is -0.559. The molecule has 0 atom stereocenters. The molecule has 124 valence electrons. The van der Waals surface area contributed by atoms with E-state index in [0.717, 1.165) is 4.47 Å². The van der Waals surface area contributed by atoms with E-state index in [1.165, 1.54) is 0 Å². The fraction of sp³-hybridized carbons (Fsp3) is 0.588. The number of halogens is 1. The van der Waals surface area contributed by atoms with Gasteiger partial charge in [0.05, 0.1) is 5.41 Å². The largest absolute Gasteiger partial charge is 0.541 e. The summed E-state index contributed by atoms with van der Waals surface area (Å²) in [6.45, 7) is 16.4. The van der Waals surface area contributed by atoms with Crippen molar-refractivity contribution in [1.82, 2.24) is 0 Å². The molecule has 1 rings (SSSR count). The van der Waals surface area contributed by atoms with E-state index < -0.39 is 13.7 Å². The molecule has 0 saturated carbocycles. The first-order chi connectivity index (χ1) is 9.74. The topological polar surface area (TPSA) is 35.5 Å². The molecule has 1 aromatic rings. The molecule has 0 aliphatic heterocycles. The van der Waals surface area contributed by atoms with Gasteiger partial charge in [-0.1, -0.05) is 36.7 Å². The van der Waals surface area contributed by atoms with Crippen LogP contribution in [0, 0.1) is 5.41 Å². The predicted molar refractivity (Wildman–Crippen MR) is 97.1 cm³/mol. The standard InChI is InChI=1S/C17H27BrO3Si/c1-16(2,3)15(19)20-14-11-12(18)9-10-13(14)21-22(7,8)17(4,5)6/h9-11H,1-8H3. The van der Waals surface area contributed by atoms with E-state index in [2.05, 4.69) is 49.8 Å². The quantitative estimate of drug-likeness (QED) is 0.374. The van der Waals surface area contributed by atoms with Crippen molar-refractivity contribution >= 4 is 30.2 Å². The maximum absolute atomic E-state index is 12.2. The number of hydrogen-bond donors (Lipinski definition) is 0. The van der Waals surface area contributed by atoms with Crippen molar-refractivity contribution in [2.24, 2.45) is 5.41 Å². The van der Waals surface area contributed by atoms with E-state index in [1.807, 2.05) is 32.9 Å². The van der Waals surface area contributed by atoms with Gasteiger partial charge in [-0.15, -0.1) is 0 Å². The molecule has 22 heavy (non-hydrogen) atoms. The first-order valence-corrected chi connectivity index (χ1v) is 11.1. The monoisotopic (exact) mass is 386 g/mol. The van der Waals surface area contributed by atoms with Gasteiger partial charge in [0.2, 0.25) is 0 Å². The Bertz CT molecular complexity index is 554. The van der Waals surface area contributed by atoms with Crippen molar-refractivity contribution in [3.05, 3.63) is 22.7 Å². The van der Waals surface area contributed by atoms with Gasteiger partial charge in [-0.2, -0.15) is 0 Å². The minimum absolute atomic E-state index is 0.0748. The second kappa shape index (κ2) is 6.36. The Hall–Kier alpha value is -0.813. The SMILES string of the molecule is CC(C)(C)C(=O)Oc1cc(Br)ccc1O[Si](C)(C)C(C)(C)C. The average molecular weight is 387 g/mol. The Morgan fingerprint density at radius 2 is 1.59 bits per heavy atom. The van der Waals surface area contributed by atoms with Crippen LogP contribution in [0.5, 0.6) is 11.5 Å². The van der Waals surface area contributed by atoms with Gasteiger partial charge in [-0.05, 0) is 57.1 Å². The summed E-state index contributed by atoms with van der Waals surface area (Å²) in [4.78, 5) is 12.2. The highest BCUT2D eigenvalue weighted by atomic mass is 79.9. The zero-order chi connectivity index (χ0) is 17.3. The molecule has 0 spiro atoms. The van der Waals surface area contributed by atoms with Crippen LogP contribution in [-0.4, -0.2) is 14.3 Å². The predicted octanol–water partition coefficient (Wildman–Crippen LogP) is 5.78. The van der Waals surface area contributed by atoms with Gasteiger partial charge in [-0.3, -0.25) is 4.79 Å². The van der Waals surface area contributed by atoms with Crippen LogP contribution in [0.25, 0.3) is 0 Å². The normalized spacial score (nSPS) is 13.0. The van der Waals surface area contributed by atoms with Gasteiger partial charge >= 0.3 is 5.97 Å². The Morgan fingerprint density at radius 3 is 2.05 bits per heavy atom. The minimum atomic E-state index is -2.00. The number of hydrogen-bond acceptors (Lipinski definition) is 3. The molecule has 5 heteroatoms. The van der Waals surface area contributed by atoms with Gasteiger partial charge in [0, 0.05) is 4.47 Å². The third kappa shape index (κ3) is 4.85. The lowest BCUT2D eigenvalue weighted by Crippen LogP contribution is -2.44. The fourth-order valence-corrected chi connectivity index (χ4v) is 2.69. The molecule has 0 unspecified atom stereocenters. The van der Waals surface area contributed by atoms with Crippen molar-refractivity contribution in [2.75, 3.05) is 0 Å². The molecular weight excluding hydrogens is 360 g/mol. The Labute approximate surface area is 143 Å². The summed E-state index contributed by atoms with van der Waals surface area (Å²) in [5.74, 6) is 0.831. The Morgan fingerprint density at radius 1 is 1.05 bits per heavy atom. The molecule has 0 fully saturated rings. The molecule has 0 saturated heterocycles. The van der Waals surface area contributed by atoms with Gasteiger partial charge in [0.15, 0.2) is 5.75 Å². The molecule has 0 radical (unpaired) electrons. The van der Waals surface area contributed by atoms with Crippen molar-refractivity contribution in [3.63, 3.8) is 0 Å². The second-order valence-electron chi connectivity index (χ2n) is 8.09. The number of benzene rings is 1. The summed E-state index contributed by atoms with van der Waals surface area (Å²) in [6, 6.07) is 5.54. The molecular formula is C17H27BrO3Si. The van der Waals surface area contributed by atoms with Crippen molar-refractivity contribution in [1.29, 1.82) is 0 Å². The highest BCUT2D eigenvalue weighted by Gasteiger charge is 2.39. The van der Waals surface area contributed by atoms with Crippen molar-refractivity contribution in [3.8, 4) is 11.5 Å². The summed E-state index contributed by atoms with van der Waals surface area (Å²) in [5, 5.41) is 0.0748. The summed E-state index contributed by atoms with van der Waals surface area (Å²) < 4.78 is 12.7. The third-order valence-corrected chi connectivity index (χ3v) is 8.73. The molecule has 0 aliphatic rings. The smallest absolute Gasteiger partial charge is 0.316 e. The third-order valence-electron chi connectivity index (χ3n) is 3.89. The molecule has 0 heterocycles. The van der Waals surface area contributed by atoms with Gasteiger partial charge in [0.1, 0.15) is 5.75 Å². The van der Waals surface area contributed by atoms with Crippen molar-refractivity contribution in [2.45, 2.75) is 59.7 Å². The summed E-state index contributed by atoms with van der Waals surface area (Å²) in [6.07, 6.45) is 0. The average Bonchev–Trinajstić information content (AvgIpc) is 2.29. The highest BCUT2D eigenvalue weighted by molar-refractivity contribution is 9.10. The lowest BCUT2D eigenvalue weighted by molar-refractivity contribution is -0.143. The molecule has 0 bridgehead atoms. The summed E-state index contributed by atoms with van der Waals surface area (Å²) in [7, 11) is -2.00. The molecule has 1 aromatic carbocycles. The fourth-order valence-electron chi connectivity index (χ4n) is 1.33. The van der Waals surface area contributed by atoms with Crippen LogP contribution in [0.1, 0.15) is 41.5 Å². The van der Waals surface area contributed by atoms with E-state index in [4.69, 9.17) is 9.16 Å². The first-order valence-electron chi connectivity index (χ1n) is 7.45. The van der Waals surface area contributed by atoms with E-state index in [-0.39, 0.29) is 11.0 Å². The second-order valence-corrected chi connectivity index (χ2v) is 13.7. The van der Waals surface area contributed by atoms with E-state index in [1.54, 1.807) is 6.07 Å². The molecule has 0 amide bonds. The van der Waals surface area contributed by atoms with Crippen LogP contribution < -0.4 is 9.16 Å². The zero-order valence-electron chi connectivity index (χ0n) is 14.8. The molecule has 0 N–H and O–H groups in total. The maximum atomic E-state index is 12.2. The van der Waals surface area contributed by atoms with E-state index in [0.29, 0.717) is 11.5 Å². The number of ether oxygens (including phenoxy) is 1. The summed E-state index contributed by atoms with van der Waals surface area (Å²) >= 11 is 3.42. The lowest BCUT2D eigenvalue weighted by atomic mass is 9.97. The van der Waals surface area contributed by atoms with Crippen LogP contribution in [0.3, 0.4) is 0 Å². The van der Waals surface area contributed by atoms with Gasteiger partial charge in [-0.25, -0.2) is 0 Å². The number of esters is 1. The van der Waals surface area contributed by atoms with Crippen molar-refractivity contribution < 1.29 is 14.0 Å². The van der Waals surface area contributed by atoms with Crippen LogP contribution in [0.2, 0.25) is 18.1 Å². The van der Waals surface area contributed by atoms with E-state index in [9.17, 15) is 4.79 Å². The maximum Gasteiger partial charge on any atom is 0.316 e. The molecule has 3 nitrogen and oxygen atoms in total. The lowest BCUT2D eigenvalue weighted by Gasteiger charge is -2.36.